The standard InChI is InChI=1S/C9H18O.C9H16O/c2*1-3-5-6-8-9(10)7-4-2/h6,8-10H,3-5,7H2,1-2H3;6,8H,3-5,7H2,1-2H3/b2*8-6+/t9-;/m1./s1. The van der Waals surface area contributed by atoms with E-state index in [0.717, 1.165) is 44.9 Å². The van der Waals surface area contributed by atoms with Crippen LogP contribution in [0.1, 0.15) is 79.1 Å². The van der Waals surface area contributed by atoms with Gasteiger partial charge in [0, 0.05) is 6.42 Å². The molecule has 0 bridgehead atoms. The average Bonchev–Trinajstić information content (AvgIpc) is 2.41. The van der Waals surface area contributed by atoms with E-state index in [1.807, 2.05) is 19.1 Å². The lowest BCUT2D eigenvalue weighted by molar-refractivity contribution is -0.114. The minimum absolute atomic E-state index is 0.212. The molecule has 20 heavy (non-hydrogen) atoms. The molecule has 0 aromatic rings. The van der Waals surface area contributed by atoms with Gasteiger partial charge in [0.1, 0.15) is 0 Å². The molecule has 0 aliphatic heterocycles. The van der Waals surface area contributed by atoms with Crippen molar-refractivity contribution in [2.75, 3.05) is 0 Å². The average molecular weight is 282 g/mol. The van der Waals surface area contributed by atoms with E-state index < -0.39 is 0 Å². The highest BCUT2D eigenvalue weighted by Gasteiger charge is 1.93. The molecule has 0 saturated heterocycles. The van der Waals surface area contributed by atoms with Gasteiger partial charge in [0.25, 0.3) is 0 Å². The highest BCUT2D eigenvalue weighted by molar-refractivity contribution is 5.89. The first kappa shape index (κ1) is 21.4. The third-order valence-electron chi connectivity index (χ3n) is 2.65. The first-order valence-electron chi connectivity index (χ1n) is 8.16. The maximum Gasteiger partial charge on any atom is 0.155 e. The molecule has 0 rings (SSSR count). The van der Waals surface area contributed by atoms with Crippen LogP contribution >= 0.6 is 0 Å². The van der Waals surface area contributed by atoms with Crippen molar-refractivity contribution in [2.45, 2.75) is 85.2 Å². The minimum Gasteiger partial charge on any atom is -0.389 e. The van der Waals surface area contributed by atoms with Crippen molar-refractivity contribution >= 4 is 5.78 Å². The number of allylic oxidation sites excluding steroid dienone is 3. The Morgan fingerprint density at radius 3 is 2.05 bits per heavy atom. The lowest BCUT2D eigenvalue weighted by Crippen LogP contribution is -1.99. The van der Waals surface area contributed by atoms with E-state index in [1.165, 1.54) is 0 Å². The summed E-state index contributed by atoms with van der Waals surface area (Å²) >= 11 is 0. The molecule has 0 radical (unpaired) electrons. The molecule has 0 heterocycles. The number of hydrogen-bond donors (Lipinski definition) is 1. The van der Waals surface area contributed by atoms with Gasteiger partial charge in [-0.05, 0) is 31.8 Å². The van der Waals surface area contributed by atoms with Crippen LogP contribution in [0.5, 0.6) is 0 Å². The van der Waals surface area contributed by atoms with Crippen LogP contribution in [0.25, 0.3) is 0 Å². The highest BCUT2D eigenvalue weighted by Crippen LogP contribution is 1.99. The zero-order valence-corrected chi connectivity index (χ0v) is 13.9. The third kappa shape index (κ3) is 19.4. The lowest BCUT2D eigenvalue weighted by Gasteiger charge is -2.00. The van der Waals surface area contributed by atoms with Crippen LogP contribution in [0.3, 0.4) is 0 Å². The molecule has 0 aliphatic carbocycles. The summed E-state index contributed by atoms with van der Waals surface area (Å²) in [6.45, 7) is 8.34. The third-order valence-corrected chi connectivity index (χ3v) is 2.65. The molecule has 0 fully saturated rings. The second-order valence-corrected chi connectivity index (χ2v) is 4.98. The summed E-state index contributed by atoms with van der Waals surface area (Å²) in [4.78, 5) is 10.8. The molecule has 0 unspecified atom stereocenters. The Bertz CT molecular complexity index is 254. The topological polar surface area (TPSA) is 37.3 Å². The summed E-state index contributed by atoms with van der Waals surface area (Å²) < 4.78 is 0. The van der Waals surface area contributed by atoms with Crippen LogP contribution in [-0.2, 0) is 4.79 Å². The second kappa shape index (κ2) is 18.1. The molecular weight excluding hydrogens is 248 g/mol. The molecule has 0 amide bonds. The molecular formula is C18H34O2. The summed E-state index contributed by atoms with van der Waals surface area (Å²) in [6, 6.07) is 0. The van der Waals surface area contributed by atoms with Crippen molar-refractivity contribution < 1.29 is 9.90 Å². The summed E-state index contributed by atoms with van der Waals surface area (Å²) in [6.07, 6.45) is 15.4. The Hall–Kier alpha value is -0.890. The number of aliphatic hydroxyl groups is 1. The van der Waals surface area contributed by atoms with E-state index >= 15 is 0 Å². The van der Waals surface area contributed by atoms with Crippen LogP contribution in [0, 0.1) is 0 Å². The van der Waals surface area contributed by atoms with Crippen molar-refractivity contribution in [1.29, 1.82) is 0 Å². The fraction of sp³-hybridized carbons (Fsp3) is 0.722. The predicted molar refractivity (Wildman–Crippen MR) is 88.9 cm³/mol. The number of carbonyl (C=O) groups excluding carboxylic acids is 1. The monoisotopic (exact) mass is 282 g/mol. The predicted octanol–water partition coefficient (Wildman–Crippen LogP) is 5.22. The van der Waals surface area contributed by atoms with Crippen molar-refractivity contribution in [2.24, 2.45) is 0 Å². The van der Waals surface area contributed by atoms with E-state index in [2.05, 4.69) is 26.8 Å². The summed E-state index contributed by atoms with van der Waals surface area (Å²) in [5.41, 5.74) is 0. The van der Waals surface area contributed by atoms with Gasteiger partial charge >= 0.3 is 0 Å². The molecule has 0 spiro atoms. The van der Waals surface area contributed by atoms with Crippen molar-refractivity contribution in [1.82, 2.24) is 0 Å². The fourth-order valence-corrected chi connectivity index (χ4v) is 1.52. The lowest BCUT2D eigenvalue weighted by atomic mass is 10.2. The number of ketones is 1. The summed E-state index contributed by atoms with van der Waals surface area (Å²) in [5.74, 6) is 0.260. The minimum atomic E-state index is -0.212. The van der Waals surface area contributed by atoms with E-state index in [9.17, 15) is 9.90 Å². The number of hydrogen-bond acceptors (Lipinski definition) is 2. The zero-order valence-electron chi connectivity index (χ0n) is 13.9. The summed E-state index contributed by atoms with van der Waals surface area (Å²) in [5, 5.41) is 9.19. The van der Waals surface area contributed by atoms with Gasteiger partial charge in [-0.25, -0.2) is 0 Å². The van der Waals surface area contributed by atoms with Gasteiger partial charge in [-0.3, -0.25) is 4.79 Å². The van der Waals surface area contributed by atoms with Crippen LogP contribution in [0.15, 0.2) is 24.3 Å². The van der Waals surface area contributed by atoms with Crippen LogP contribution in [0.4, 0.5) is 0 Å². The largest absolute Gasteiger partial charge is 0.389 e. The van der Waals surface area contributed by atoms with Gasteiger partial charge in [0.05, 0.1) is 6.10 Å². The Morgan fingerprint density at radius 2 is 1.55 bits per heavy atom. The smallest absolute Gasteiger partial charge is 0.155 e. The first-order valence-corrected chi connectivity index (χ1v) is 8.16. The molecule has 0 aromatic heterocycles. The quantitative estimate of drug-likeness (QED) is 0.441. The number of aliphatic hydroxyl groups excluding tert-OH is 1. The van der Waals surface area contributed by atoms with Crippen molar-refractivity contribution in [3.8, 4) is 0 Å². The van der Waals surface area contributed by atoms with Crippen molar-refractivity contribution in [3.05, 3.63) is 24.3 Å². The SMILES string of the molecule is CCC/C=C/C(=O)CCC.CCC/C=C/[C@H](O)CCC. The maximum atomic E-state index is 10.8. The van der Waals surface area contributed by atoms with E-state index in [1.54, 1.807) is 6.08 Å². The van der Waals surface area contributed by atoms with Gasteiger partial charge < -0.3 is 5.11 Å². The van der Waals surface area contributed by atoms with Gasteiger partial charge in [-0.1, -0.05) is 65.2 Å². The van der Waals surface area contributed by atoms with Gasteiger partial charge in [0.2, 0.25) is 0 Å². The highest BCUT2D eigenvalue weighted by atomic mass is 16.3. The Labute approximate surface area is 126 Å². The van der Waals surface area contributed by atoms with Gasteiger partial charge in [0.15, 0.2) is 5.78 Å². The number of rotatable bonds is 10. The molecule has 0 saturated carbocycles. The number of unbranched alkanes of at least 4 members (excludes halogenated alkanes) is 2. The molecule has 0 aromatic carbocycles. The molecule has 2 heteroatoms. The number of carbonyl (C=O) groups is 1. The molecule has 2 nitrogen and oxygen atoms in total. The van der Waals surface area contributed by atoms with Crippen LogP contribution in [0.2, 0.25) is 0 Å². The Morgan fingerprint density at radius 1 is 0.950 bits per heavy atom. The van der Waals surface area contributed by atoms with Crippen LogP contribution < -0.4 is 0 Å². The maximum absolute atomic E-state index is 10.8. The van der Waals surface area contributed by atoms with Gasteiger partial charge in [-0.2, -0.15) is 0 Å². The molecule has 1 atom stereocenters. The summed E-state index contributed by atoms with van der Waals surface area (Å²) in [7, 11) is 0. The zero-order chi connectivity index (χ0) is 15.6. The van der Waals surface area contributed by atoms with Crippen LogP contribution in [-0.4, -0.2) is 17.0 Å². The van der Waals surface area contributed by atoms with E-state index in [4.69, 9.17) is 0 Å². The molecule has 1 N–H and O–H groups in total. The normalized spacial score (nSPS) is 12.4. The van der Waals surface area contributed by atoms with E-state index in [-0.39, 0.29) is 11.9 Å². The van der Waals surface area contributed by atoms with Gasteiger partial charge in [-0.15, -0.1) is 0 Å². The van der Waals surface area contributed by atoms with Crippen molar-refractivity contribution in [3.63, 3.8) is 0 Å². The molecule has 0 aliphatic rings. The fourth-order valence-electron chi connectivity index (χ4n) is 1.52. The Kier molecular flexibility index (Phi) is 19.4. The first-order chi connectivity index (χ1) is 9.62. The molecule has 118 valence electrons. The Balaban J connectivity index is 0. The second-order valence-electron chi connectivity index (χ2n) is 4.98. The van der Waals surface area contributed by atoms with E-state index in [0.29, 0.717) is 6.42 Å².